The molecule has 0 amide bonds. The van der Waals surface area contributed by atoms with Crippen LogP contribution in [0, 0.1) is 0 Å². The second kappa shape index (κ2) is 6.30. The average molecular weight is 271 g/mol. The Bertz CT molecular complexity index is 406. The van der Waals surface area contributed by atoms with Crippen LogP contribution in [0.2, 0.25) is 5.02 Å². The highest BCUT2D eigenvalue weighted by molar-refractivity contribution is 6.32. The molecule has 1 aliphatic rings. The van der Waals surface area contributed by atoms with E-state index in [0.717, 1.165) is 31.2 Å². The minimum atomic E-state index is -0.486. The van der Waals surface area contributed by atoms with Crippen molar-refractivity contribution in [2.24, 2.45) is 0 Å². The first kappa shape index (κ1) is 13.5. The Labute approximate surface area is 113 Å². The zero-order valence-electron chi connectivity index (χ0n) is 10.6. The molecule has 1 aromatic carbocycles. The lowest BCUT2D eigenvalue weighted by molar-refractivity contribution is 0.163. The number of hydrogen-bond donors (Lipinski definition) is 1. The molecule has 4 heteroatoms. The highest BCUT2D eigenvalue weighted by Gasteiger charge is 2.18. The molecule has 1 heterocycles. The first-order chi connectivity index (χ1) is 8.72. The van der Waals surface area contributed by atoms with Crippen molar-refractivity contribution in [2.75, 3.05) is 13.2 Å². The standard InChI is InChI=1S/C14H19ClO3/c1-2-3-5-12(16)10-8-11(15)14-13(9-10)17-6-4-7-18-14/h8-9,12,16H,2-7H2,1H3. The Morgan fingerprint density at radius 3 is 2.89 bits per heavy atom. The van der Waals surface area contributed by atoms with Gasteiger partial charge in [-0.2, -0.15) is 0 Å². The van der Waals surface area contributed by atoms with E-state index in [1.54, 1.807) is 6.07 Å². The third-order valence-corrected chi connectivity index (χ3v) is 3.32. The summed E-state index contributed by atoms with van der Waals surface area (Å²) in [5, 5.41) is 10.6. The molecule has 0 saturated heterocycles. The number of unbranched alkanes of at least 4 members (excludes halogenated alkanes) is 1. The number of benzene rings is 1. The van der Waals surface area contributed by atoms with Crippen LogP contribution < -0.4 is 9.47 Å². The maximum Gasteiger partial charge on any atom is 0.179 e. The molecule has 0 radical (unpaired) electrons. The van der Waals surface area contributed by atoms with Gasteiger partial charge in [-0.15, -0.1) is 0 Å². The minimum absolute atomic E-state index is 0.486. The van der Waals surface area contributed by atoms with Crippen molar-refractivity contribution in [2.45, 2.75) is 38.7 Å². The SMILES string of the molecule is CCCCC(O)c1cc(Cl)c2c(c1)OCCCO2. The first-order valence-electron chi connectivity index (χ1n) is 6.49. The fourth-order valence-electron chi connectivity index (χ4n) is 2.01. The molecule has 0 aliphatic carbocycles. The molecule has 1 unspecified atom stereocenters. The van der Waals surface area contributed by atoms with Gasteiger partial charge in [-0.3, -0.25) is 0 Å². The second-order valence-corrected chi connectivity index (χ2v) is 4.95. The molecule has 3 nitrogen and oxygen atoms in total. The summed E-state index contributed by atoms with van der Waals surface area (Å²) in [5.74, 6) is 1.24. The third-order valence-electron chi connectivity index (χ3n) is 3.04. The van der Waals surface area contributed by atoms with Gasteiger partial charge in [0.25, 0.3) is 0 Å². The van der Waals surface area contributed by atoms with Crippen LogP contribution in [0.3, 0.4) is 0 Å². The van der Waals surface area contributed by atoms with E-state index in [2.05, 4.69) is 6.92 Å². The lowest BCUT2D eigenvalue weighted by atomic mass is 10.0. The maximum absolute atomic E-state index is 10.1. The summed E-state index contributed by atoms with van der Waals surface area (Å²) in [4.78, 5) is 0. The fraction of sp³-hybridized carbons (Fsp3) is 0.571. The predicted octanol–water partition coefficient (Wildman–Crippen LogP) is 3.72. The van der Waals surface area contributed by atoms with Crippen molar-refractivity contribution < 1.29 is 14.6 Å². The molecule has 1 N–H and O–H groups in total. The van der Waals surface area contributed by atoms with Crippen LogP contribution >= 0.6 is 11.6 Å². The molecule has 0 saturated carbocycles. The van der Waals surface area contributed by atoms with Crippen molar-refractivity contribution in [3.8, 4) is 11.5 Å². The average Bonchev–Trinajstić information content (AvgIpc) is 2.61. The van der Waals surface area contributed by atoms with Gasteiger partial charge in [-0.25, -0.2) is 0 Å². The monoisotopic (exact) mass is 270 g/mol. The van der Waals surface area contributed by atoms with E-state index in [9.17, 15) is 5.11 Å². The summed E-state index contributed by atoms with van der Waals surface area (Å²) in [5.41, 5.74) is 0.803. The third kappa shape index (κ3) is 3.09. The van der Waals surface area contributed by atoms with Gasteiger partial charge in [0.2, 0.25) is 0 Å². The minimum Gasteiger partial charge on any atom is -0.489 e. The number of aliphatic hydroxyl groups excluding tert-OH is 1. The number of hydrogen-bond acceptors (Lipinski definition) is 3. The molecular weight excluding hydrogens is 252 g/mol. The van der Waals surface area contributed by atoms with Crippen LogP contribution in [0.1, 0.15) is 44.3 Å². The van der Waals surface area contributed by atoms with E-state index in [1.165, 1.54) is 0 Å². The molecule has 1 aliphatic heterocycles. The van der Waals surface area contributed by atoms with Crippen molar-refractivity contribution in [3.63, 3.8) is 0 Å². The number of aliphatic hydroxyl groups is 1. The van der Waals surface area contributed by atoms with E-state index in [4.69, 9.17) is 21.1 Å². The molecule has 0 bridgehead atoms. The molecule has 1 atom stereocenters. The molecule has 1 aromatic rings. The van der Waals surface area contributed by atoms with Crippen LogP contribution in [0.25, 0.3) is 0 Å². The summed E-state index contributed by atoms with van der Waals surface area (Å²) in [6.45, 7) is 3.34. The Kier molecular flexibility index (Phi) is 4.72. The van der Waals surface area contributed by atoms with Crippen LogP contribution in [0.15, 0.2) is 12.1 Å². The van der Waals surface area contributed by atoms with E-state index in [0.29, 0.717) is 29.7 Å². The molecule has 0 aromatic heterocycles. The van der Waals surface area contributed by atoms with Gasteiger partial charge in [0.05, 0.1) is 24.3 Å². The number of halogens is 1. The normalized spacial score (nSPS) is 16.2. The maximum atomic E-state index is 10.1. The summed E-state index contributed by atoms with van der Waals surface area (Å²) >= 11 is 6.18. The molecule has 18 heavy (non-hydrogen) atoms. The topological polar surface area (TPSA) is 38.7 Å². The van der Waals surface area contributed by atoms with Gasteiger partial charge in [0, 0.05) is 6.42 Å². The van der Waals surface area contributed by atoms with Gasteiger partial charge in [0.15, 0.2) is 11.5 Å². The van der Waals surface area contributed by atoms with E-state index >= 15 is 0 Å². The smallest absolute Gasteiger partial charge is 0.179 e. The van der Waals surface area contributed by atoms with Crippen molar-refractivity contribution in [1.29, 1.82) is 0 Å². The Hall–Kier alpha value is -0.930. The van der Waals surface area contributed by atoms with Crippen molar-refractivity contribution >= 4 is 11.6 Å². The zero-order chi connectivity index (χ0) is 13.0. The largest absolute Gasteiger partial charge is 0.489 e. The van der Waals surface area contributed by atoms with Gasteiger partial charge in [0.1, 0.15) is 0 Å². The first-order valence-corrected chi connectivity index (χ1v) is 6.87. The summed E-state index contributed by atoms with van der Waals surface area (Å²) in [6, 6.07) is 3.61. The van der Waals surface area contributed by atoms with Crippen LogP contribution in [0.4, 0.5) is 0 Å². The van der Waals surface area contributed by atoms with Crippen LogP contribution in [0.5, 0.6) is 11.5 Å². The Morgan fingerprint density at radius 1 is 1.33 bits per heavy atom. The van der Waals surface area contributed by atoms with E-state index in [-0.39, 0.29) is 0 Å². The zero-order valence-corrected chi connectivity index (χ0v) is 11.4. The highest BCUT2D eigenvalue weighted by atomic mass is 35.5. The van der Waals surface area contributed by atoms with Crippen LogP contribution in [-0.2, 0) is 0 Å². The second-order valence-electron chi connectivity index (χ2n) is 4.54. The van der Waals surface area contributed by atoms with Crippen molar-refractivity contribution in [3.05, 3.63) is 22.7 Å². The quantitative estimate of drug-likeness (QED) is 0.906. The number of fused-ring (bicyclic) bond motifs is 1. The fourth-order valence-corrected chi connectivity index (χ4v) is 2.28. The van der Waals surface area contributed by atoms with Crippen molar-refractivity contribution in [1.82, 2.24) is 0 Å². The Morgan fingerprint density at radius 2 is 2.11 bits per heavy atom. The van der Waals surface area contributed by atoms with Crippen LogP contribution in [-0.4, -0.2) is 18.3 Å². The van der Waals surface area contributed by atoms with Gasteiger partial charge >= 0.3 is 0 Å². The Balaban J connectivity index is 2.22. The lowest BCUT2D eigenvalue weighted by Crippen LogP contribution is -2.00. The summed E-state index contributed by atoms with van der Waals surface area (Å²) in [7, 11) is 0. The van der Waals surface area contributed by atoms with Gasteiger partial charge in [-0.1, -0.05) is 31.4 Å². The molecule has 2 rings (SSSR count). The highest BCUT2D eigenvalue weighted by Crippen LogP contribution is 2.39. The number of ether oxygens (including phenoxy) is 2. The molecule has 100 valence electrons. The number of rotatable bonds is 4. The molecule has 0 fully saturated rings. The lowest BCUT2D eigenvalue weighted by Gasteiger charge is -2.15. The van der Waals surface area contributed by atoms with E-state index in [1.807, 2.05) is 6.07 Å². The summed E-state index contributed by atoms with van der Waals surface area (Å²) < 4.78 is 11.2. The summed E-state index contributed by atoms with van der Waals surface area (Å²) in [6.07, 6.45) is 3.16. The molecule has 0 spiro atoms. The predicted molar refractivity (Wildman–Crippen MR) is 71.5 cm³/mol. The van der Waals surface area contributed by atoms with Gasteiger partial charge < -0.3 is 14.6 Å². The molecular formula is C14H19ClO3. The van der Waals surface area contributed by atoms with Gasteiger partial charge in [-0.05, 0) is 24.1 Å². The van der Waals surface area contributed by atoms with E-state index < -0.39 is 6.10 Å².